The van der Waals surface area contributed by atoms with Gasteiger partial charge in [0, 0.05) is 6.42 Å². The van der Waals surface area contributed by atoms with Gasteiger partial charge in [0.05, 0.1) is 13.2 Å². The van der Waals surface area contributed by atoms with E-state index in [9.17, 15) is 9.70 Å². The molecule has 0 aromatic rings. The van der Waals surface area contributed by atoms with Gasteiger partial charge in [-0.2, -0.15) is 4.91 Å². The maximum absolute atomic E-state index is 11.1. The fraction of sp³-hybridized carbons (Fsp3) is 0.897. The van der Waals surface area contributed by atoms with E-state index in [1.807, 2.05) is 0 Å². The van der Waals surface area contributed by atoms with Crippen molar-refractivity contribution in [2.24, 2.45) is 5.18 Å². The molecular formula is C29H55NO3. The first-order valence-electron chi connectivity index (χ1n) is 14.3. The van der Waals surface area contributed by atoms with Gasteiger partial charge in [0.15, 0.2) is 0 Å². The number of rotatable bonds is 26. The van der Waals surface area contributed by atoms with Crippen LogP contribution in [-0.4, -0.2) is 19.1 Å². The summed E-state index contributed by atoms with van der Waals surface area (Å²) in [6.07, 6.45) is 32.2. The molecule has 1 atom stereocenters. The van der Waals surface area contributed by atoms with Gasteiger partial charge in [-0.05, 0) is 44.9 Å². The number of carbonyl (C=O) groups excluding carboxylic acids is 1. The Hall–Kier alpha value is -1.19. The Labute approximate surface area is 205 Å². The lowest BCUT2D eigenvalue weighted by Gasteiger charge is -2.09. The van der Waals surface area contributed by atoms with Gasteiger partial charge >= 0.3 is 5.97 Å². The van der Waals surface area contributed by atoms with Gasteiger partial charge in [-0.25, -0.2) is 0 Å². The highest BCUT2D eigenvalue weighted by molar-refractivity contribution is 5.68. The fourth-order valence-corrected chi connectivity index (χ4v) is 4.34. The Morgan fingerprint density at radius 3 is 1.55 bits per heavy atom. The molecule has 33 heavy (non-hydrogen) atoms. The molecule has 1 unspecified atom stereocenters. The highest BCUT2D eigenvalue weighted by atomic mass is 16.5. The molecule has 0 aliphatic carbocycles. The summed E-state index contributed by atoms with van der Waals surface area (Å²) in [4.78, 5) is 22.1. The van der Waals surface area contributed by atoms with E-state index in [-0.39, 0.29) is 12.0 Å². The molecule has 0 aromatic carbocycles. The molecule has 0 aromatic heterocycles. The third-order valence-electron chi connectivity index (χ3n) is 6.59. The summed E-state index contributed by atoms with van der Waals surface area (Å²) in [5, 5.41) is 3.38. The van der Waals surface area contributed by atoms with Gasteiger partial charge in [-0.1, -0.05) is 121 Å². The van der Waals surface area contributed by atoms with Crippen molar-refractivity contribution >= 4 is 5.97 Å². The lowest BCUT2D eigenvalue weighted by molar-refractivity contribution is -0.140. The molecule has 0 amide bonds. The topological polar surface area (TPSA) is 55.7 Å². The van der Waals surface area contributed by atoms with E-state index in [1.165, 1.54) is 116 Å². The molecule has 0 saturated heterocycles. The first-order chi connectivity index (χ1) is 16.2. The normalized spacial score (nSPS) is 12.3. The summed E-state index contributed by atoms with van der Waals surface area (Å²) in [7, 11) is 1.46. The van der Waals surface area contributed by atoms with E-state index < -0.39 is 0 Å². The number of esters is 1. The average Bonchev–Trinajstić information content (AvgIpc) is 2.83. The number of methoxy groups -OCH3 is 1. The molecule has 194 valence electrons. The quantitative estimate of drug-likeness (QED) is 0.0552. The summed E-state index contributed by atoms with van der Waals surface area (Å²) in [6.45, 7) is 2.25. The SMILES string of the molecule is CCCCCCCCCC(CCCCCCCC/C=C\CCCCCCCC(=O)OC)N=O. The minimum atomic E-state index is -0.0872. The van der Waals surface area contributed by atoms with Crippen molar-refractivity contribution in [3.05, 3.63) is 17.1 Å². The Morgan fingerprint density at radius 1 is 0.667 bits per heavy atom. The molecule has 0 heterocycles. The number of unbranched alkanes of at least 4 members (excludes halogenated alkanes) is 17. The average molecular weight is 466 g/mol. The largest absolute Gasteiger partial charge is 0.469 e. The van der Waals surface area contributed by atoms with Crippen LogP contribution in [0.3, 0.4) is 0 Å². The van der Waals surface area contributed by atoms with E-state index in [2.05, 4.69) is 29.0 Å². The van der Waals surface area contributed by atoms with Crippen LogP contribution in [0.4, 0.5) is 0 Å². The van der Waals surface area contributed by atoms with Gasteiger partial charge in [-0.3, -0.25) is 4.79 Å². The van der Waals surface area contributed by atoms with E-state index in [0.717, 1.165) is 32.1 Å². The van der Waals surface area contributed by atoms with Crippen LogP contribution < -0.4 is 0 Å². The van der Waals surface area contributed by atoms with Crippen LogP contribution in [-0.2, 0) is 9.53 Å². The molecule has 0 fully saturated rings. The smallest absolute Gasteiger partial charge is 0.305 e. The maximum Gasteiger partial charge on any atom is 0.305 e. The van der Waals surface area contributed by atoms with Crippen molar-refractivity contribution < 1.29 is 9.53 Å². The third kappa shape index (κ3) is 25.3. The summed E-state index contributed by atoms with van der Waals surface area (Å²) < 4.78 is 4.65. The van der Waals surface area contributed by atoms with Gasteiger partial charge in [0.1, 0.15) is 0 Å². The standard InChI is InChI=1S/C29H55NO3/c1-3-4-5-6-16-19-22-25-28(30-32)26-23-20-17-14-12-10-8-7-9-11-13-15-18-21-24-27-29(31)33-2/h7,9,28H,3-6,8,10-27H2,1-2H3/b9-7-. The molecule has 0 saturated carbocycles. The monoisotopic (exact) mass is 465 g/mol. The highest BCUT2D eigenvalue weighted by Gasteiger charge is 2.08. The zero-order valence-corrected chi connectivity index (χ0v) is 22.2. The van der Waals surface area contributed by atoms with E-state index in [0.29, 0.717) is 6.42 Å². The Balaban J connectivity index is 3.32. The molecular weight excluding hydrogens is 410 g/mol. The summed E-state index contributed by atoms with van der Waals surface area (Å²) in [5.74, 6) is -0.0872. The van der Waals surface area contributed by atoms with Crippen molar-refractivity contribution in [1.82, 2.24) is 0 Å². The number of carbonyl (C=O) groups is 1. The zero-order chi connectivity index (χ0) is 24.2. The van der Waals surface area contributed by atoms with Gasteiger partial charge in [0.2, 0.25) is 0 Å². The zero-order valence-electron chi connectivity index (χ0n) is 22.2. The molecule has 0 rings (SSSR count). The first kappa shape index (κ1) is 31.8. The Bertz CT molecular complexity index is 450. The Kier molecular flexibility index (Phi) is 26.1. The molecule has 0 spiro atoms. The maximum atomic E-state index is 11.1. The van der Waals surface area contributed by atoms with Crippen LogP contribution in [0.5, 0.6) is 0 Å². The van der Waals surface area contributed by atoms with Crippen LogP contribution in [0.15, 0.2) is 17.3 Å². The molecule has 0 N–H and O–H groups in total. The van der Waals surface area contributed by atoms with Crippen molar-refractivity contribution in [2.45, 2.75) is 161 Å². The van der Waals surface area contributed by atoms with E-state index in [4.69, 9.17) is 0 Å². The van der Waals surface area contributed by atoms with Crippen molar-refractivity contribution in [3.8, 4) is 0 Å². The van der Waals surface area contributed by atoms with Crippen LogP contribution >= 0.6 is 0 Å². The first-order valence-corrected chi connectivity index (χ1v) is 14.3. The number of ether oxygens (including phenoxy) is 1. The molecule has 0 radical (unpaired) electrons. The third-order valence-corrected chi connectivity index (χ3v) is 6.59. The predicted molar refractivity (Wildman–Crippen MR) is 143 cm³/mol. The highest BCUT2D eigenvalue weighted by Crippen LogP contribution is 2.17. The van der Waals surface area contributed by atoms with Crippen molar-refractivity contribution in [2.75, 3.05) is 7.11 Å². The van der Waals surface area contributed by atoms with Gasteiger partial charge in [-0.15, -0.1) is 0 Å². The number of hydrogen-bond acceptors (Lipinski definition) is 4. The van der Waals surface area contributed by atoms with Crippen LogP contribution in [0.25, 0.3) is 0 Å². The van der Waals surface area contributed by atoms with Crippen LogP contribution in [0.2, 0.25) is 0 Å². The number of hydrogen-bond donors (Lipinski definition) is 0. The second kappa shape index (κ2) is 27.1. The fourth-order valence-electron chi connectivity index (χ4n) is 4.34. The summed E-state index contributed by atoms with van der Waals surface area (Å²) in [5.41, 5.74) is 0. The Morgan fingerprint density at radius 2 is 1.09 bits per heavy atom. The molecule has 0 aliphatic heterocycles. The minimum absolute atomic E-state index is 0.0608. The number of nitrogens with zero attached hydrogens (tertiary/aromatic N) is 1. The molecule has 4 heteroatoms. The lowest BCUT2D eigenvalue weighted by atomic mass is 10.0. The van der Waals surface area contributed by atoms with Crippen LogP contribution in [0, 0.1) is 4.91 Å². The molecule has 0 bridgehead atoms. The van der Waals surface area contributed by atoms with Crippen LogP contribution in [0.1, 0.15) is 155 Å². The lowest BCUT2D eigenvalue weighted by Crippen LogP contribution is -2.03. The predicted octanol–water partition coefficient (Wildman–Crippen LogP) is 9.84. The summed E-state index contributed by atoms with van der Waals surface area (Å²) in [6, 6.07) is 0.0608. The van der Waals surface area contributed by atoms with E-state index in [1.54, 1.807) is 0 Å². The van der Waals surface area contributed by atoms with Gasteiger partial charge < -0.3 is 4.74 Å². The van der Waals surface area contributed by atoms with Gasteiger partial charge in [0.25, 0.3) is 0 Å². The molecule has 4 nitrogen and oxygen atoms in total. The van der Waals surface area contributed by atoms with E-state index >= 15 is 0 Å². The van der Waals surface area contributed by atoms with Crippen molar-refractivity contribution in [3.63, 3.8) is 0 Å². The second-order valence-electron chi connectivity index (χ2n) is 9.72. The summed E-state index contributed by atoms with van der Waals surface area (Å²) >= 11 is 0. The second-order valence-corrected chi connectivity index (χ2v) is 9.72. The number of nitroso groups, excluding NO2 is 1. The van der Waals surface area contributed by atoms with Crippen molar-refractivity contribution in [1.29, 1.82) is 0 Å². The minimum Gasteiger partial charge on any atom is -0.469 e. The molecule has 0 aliphatic rings. The number of allylic oxidation sites excluding steroid dienone is 2.